The van der Waals surface area contributed by atoms with Crippen LogP contribution in [0.3, 0.4) is 0 Å². The smallest absolute Gasteiger partial charge is 0.251 e. The molecule has 2 heterocycles. The number of rotatable bonds is 8. The van der Waals surface area contributed by atoms with Gasteiger partial charge in [-0.25, -0.2) is 4.68 Å². The fourth-order valence-corrected chi connectivity index (χ4v) is 4.57. The van der Waals surface area contributed by atoms with Crippen LogP contribution >= 0.6 is 23.2 Å². The number of anilines is 2. The molecule has 3 aromatic rings. The summed E-state index contributed by atoms with van der Waals surface area (Å²) in [7, 11) is 0. The summed E-state index contributed by atoms with van der Waals surface area (Å²) in [5.41, 5.74) is 2.13. The minimum atomic E-state index is -2.43. The number of carbonyl (C=O) groups excluding carboxylic acids is 2. The largest absolute Gasteiger partial charge is 0.755 e. The molecule has 1 unspecified atom stereocenters. The average Bonchev–Trinajstić information content (AvgIpc) is 3.29. The third kappa shape index (κ3) is 6.94. The van der Waals surface area contributed by atoms with Crippen LogP contribution in [-0.2, 0) is 29.2 Å². The number of benzene rings is 2. The highest BCUT2D eigenvalue weighted by Gasteiger charge is 2.22. The van der Waals surface area contributed by atoms with Gasteiger partial charge in [0.2, 0.25) is 5.91 Å². The van der Waals surface area contributed by atoms with Crippen LogP contribution in [0.4, 0.5) is 11.4 Å². The Morgan fingerprint density at radius 1 is 1.03 bits per heavy atom. The zero-order valence-corrected chi connectivity index (χ0v) is 21.2. The van der Waals surface area contributed by atoms with Crippen molar-refractivity contribution in [3.8, 4) is 0 Å². The van der Waals surface area contributed by atoms with E-state index in [0.717, 1.165) is 5.69 Å². The maximum absolute atomic E-state index is 12.7. The molecule has 2 N–H and O–H groups in total. The summed E-state index contributed by atoms with van der Waals surface area (Å²) in [4.78, 5) is 29.0. The normalized spacial score (nSPS) is 14.4. The van der Waals surface area contributed by atoms with Gasteiger partial charge in [-0.2, -0.15) is 0 Å². The molecular formula is C22H22Cl2N7O4S-. The van der Waals surface area contributed by atoms with E-state index in [9.17, 15) is 18.4 Å². The fourth-order valence-electron chi connectivity index (χ4n) is 3.73. The predicted molar refractivity (Wildman–Crippen MR) is 135 cm³/mol. The highest BCUT2D eigenvalue weighted by molar-refractivity contribution is 7.80. The summed E-state index contributed by atoms with van der Waals surface area (Å²) in [6.07, 6.45) is 1.61. The first-order valence-electron chi connectivity index (χ1n) is 10.9. The van der Waals surface area contributed by atoms with E-state index in [1.807, 2.05) is 12.1 Å². The summed E-state index contributed by atoms with van der Waals surface area (Å²) in [6.45, 7) is 2.59. The predicted octanol–water partition coefficient (Wildman–Crippen LogP) is 2.07. The molecule has 4 rings (SSSR count). The Balaban J connectivity index is 1.24. The van der Waals surface area contributed by atoms with Gasteiger partial charge in [0, 0.05) is 64.4 Å². The zero-order valence-electron chi connectivity index (χ0n) is 18.9. The minimum absolute atomic E-state index is 0.0412. The molecule has 0 radical (unpaired) electrons. The molecule has 11 nitrogen and oxygen atoms in total. The number of piperazine rings is 1. The van der Waals surface area contributed by atoms with Gasteiger partial charge >= 0.3 is 0 Å². The highest BCUT2D eigenvalue weighted by Crippen LogP contribution is 2.26. The molecule has 1 aliphatic rings. The van der Waals surface area contributed by atoms with Crippen LogP contribution in [0.25, 0.3) is 0 Å². The molecule has 1 saturated heterocycles. The number of carbonyl (C=O) groups is 2. The van der Waals surface area contributed by atoms with E-state index in [4.69, 9.17) is 23.2 Å². The van der Waals surface area contributed by atoms with Gasteiger partial charge in [0.15, 0.2) is 0 Å². The van der Waals surface area contributed by atoms with E-state index < -0.39 is 11.3 Å². The van der Waals surface area contributed by atoms with E-state index in [1.54, 1.807) is 17.2 Å². The Hall–Kier alpha value is -3.19. The van der Waals surface area contributed by atoms with Crippen molar-refractivity contribution in [3.05, 3.63) is 70.0 Å². The van der Waals surface area contributed by atoms with Crippen LogP contribution in [0.5, 0.6) is 0 Å². The van der Waals surface area contributed by atoms with Gasteiger partial charge in [0.05, 0.1) is 12.7 Å². The molecule has 0 bridgehead atoms. The van der Waals surface area contributed by atoms with Crippen LogP contribution in [0, 0.1) is 0 Å². The summed E-state index contributed by atoms with van der Waals surface area (Å²) < 4.78 is 25.0. The van der Waals surface area contributed by atoms with Gasteiger partial charge in [-0.15, -0.1) is 5.10 Å². The number of aromatic nitrogens is 3. The summed E-state index contributed by atoms with van der Waals surface area (Å²) in [5, 5.41) is 11.8. The lowest BCUT2D eigenvalue weighted by Crippen LogP contribution is -2.49. The zero-order chi connectivity index (χ0) is 25.7. The first-order valence-corrected chi connectivity index (χ1v) is 12.7. The van der Waals surface area contributed by atoms with Crippen molar-refractivity contribution in [3.63, 3.8) is 0 Å². The van der Waals surface area contributed by atoms with E-state index in [-0.39, 0.29) is 24.9 Å². The van der Waals surface area contributed by atoms with Gasteiger partial charge in [-0.3, -0.25) is 13.8 Å². The van der Waals surface area contributed by atoms with E-state index in [2.05, 4.69) is 25.3 Å². The number of nitrogens with zero attached hydrogens (tertiary/aromatic N) is 5. The van der Waals surface area contributed by atoms with E-state index >= 15 is 0 Å². The van der Waals surface area contributed by atoms with Crippen LogP contribution in [0.15, 0.2) is 48.7 Å². The number of halogens is 2. The van der Waals surface area contributed by atoms with Crippen molar-refractivity contribution in [2.24, 2.45) is 0 Å². The van der Waals surface area contributed by atoms with Gasteiger partial charge in [-0.1, -0.05) is 28.4 Å². The summed E-state index contributed by atoms with van der Waals surface area (Å²) >= 11 is 9.76. The molecule has 2 amide bonds. The second-order valence-electron chi connectivity index (χ2n) is 8.00. The van der Waals surface area contributed by atoms with Crippen LogP contribution in [0.2, 0.25) is 10.0 Å². The second kappa shape index (κ2) is 11.7. The third-order valence-electron chi connectivity index (χ3n) is 5.51. The summed E-state index contributed by atoms with van der Waals surface area (Å²) in [6, 6.07) is 11.4. The van der Waals surface area contributed by atoms with E-state index in [0.29, 0.717) is 53.2 Å². The fraction of sp³-hybridized carbons (Fsp3) is 0.273. The molecule has 1 aromatic heterocycles. The van der Waals surface area contributed by atoms with Crippen molar-refractivity contribution < 1.29 is 18.4 Å². The summed E-state index contributed by atoms with van der Waals surface area (Å²) in [5.74, 6) is -0.429. The monoisotopic (exact) mass is 550 g/mol. The molecule has 14 heteroatoms. The molecular weight excluding hydrogens is 529 g/mol. The molecule has 1 aliphatic heterocycles. The molecule has 0 aliphatic carbocycles. The molecule has 0 spiro atoms. The van der Waals surface area contributed by atoms with Crippen molar-refractivity contribution in [2.45, 2.75) is 13.1 Å². The lowest BCUT2D eigenvalue weighted by molar-refractivity contribution is -0.132. The van der Waals surface area contributed by atoms with Crippen molar-refractivity contribution in [1.29, 1.82) is 0 Å². The first-order chi connectivity index (χ1) is 17.3. The SMILES string of the molecule is O=C(NCc1cn(CC(=O)N2CCN(c3cc(Cl)cc(Cl)c3)CC2)nn1)c1ccc(NS(=O)[O-])cc1. The van der Waals surface area contributed by atoms with Crippen LogP contribution in [0.1, 0.15) is 16.1 Å². The van der Waals surface area contributed by atoms with Crippen molar-refractivity contribution >= 4 is 57.7 Å². The maximum atomic E-state index is 12.7. The topological polar surface area (TPSA) is 136 Å². The highest BCUT2D eigenvalue weighted by atomic mass is 35.5. The standard InChI is InChI=1S/C22H23Cl2N7O4S/c23-16-9-17(24)11-20(10-16)29-5-7-30(8-6-29)21(32)14-31-13-19(26-28-31)12-25-22(33)15-1-3-18(4-2-15)27-36(34)35/h1-4,9-11,13,27H,5-8,12,14H2,(H,25,33)(H,34,35)/p-1. The average molecular weight is 551 g/mol. The molecule has 190 valence electrons. The Kier molecular flexibility index (Phi) is 8.41. The van der Waals surface area contributed by atoms with Crippen LogP contribution < -0.4 is 14.9 Å². The Morgan fingerprint density at radius 2 is 1.69 bits per heavy atom. The second-order valence-corrected chi connectivity index (χ2v) is 9.55. The van der Waals surface area contributed by atoms with Crippen LogP contribution in [-0.4, -0.2) is 66.6 Å². The molecule has 36 heavy (non-hydrogen) atoms. The van der Waals surface area contributed by atoms with E-state index in [1.165, 1.54) is 28.9 Å². The number of nitrogens with one attached hydrogen (secondary N) is 2. The Bertz CT molecular complexity index is 1240. The number of hydrogen-bond donors (Lipinski definition) is 2. The molecule has 0 saturated carbocycles. The van der Waals surface area contributed by atoms with Crippen molar-refractivity contribution in [2.75, 3.05) is 35.8 Å². The Morgan fingerprint density at radius 3 is 2.33 bits per heavy atom. The third-order valence-corrected chi connectivity index (χ3v) is 6.35. The van der Waals surface area contributed by atoms with Gasteiger partial charge < -0.3 is 24.4 Å². The van der Waals surface area contributed by atoms with Gasteiger partial charge in [0.1, 0.15) is 12.2 Å². The molecule has 2 aromatic carbocycles. The lowest BCUT2D eigenvalue weighted by Gasteiger charge is -2.36. The Labute approximate surface area is 219 Å². The quantitative estimate of drug-likeness (QED) is 0.409. The molecule has 1 fully saturated rings. The lowest BCUT2D eigenvalue weighted by atomic mass is 10.2. The maximum Gasteiger partial charge on any atom is 0.251 e. The van der Waals surface area contributed by atoms with Gasteiger partial charge in [0.25, 0.3) is 5.91 Å². The van der Waals surface area contributed by atoms with Crippen molar-refractivity contribution in [1.82, 2.24) is 25.2 Å². The number of hydrogen-bond acceptors (Lipinski definition) is 7. The minimum Gasteiger partial charge on any atom is -0.755 e. The number of amides is 2. The first kappa shape index (κ1) is 25.9. The molecule has 1 atom stereocenters. The van der Waals surface area contributed by atoms with Gasteiger partial charge in [-0.05, 0) is 42.5 Å².